The highest BCUT2D eigenvalue weighted by atomic mass is 32.2. The second-order valence-corrected chi connectivity index (χ2v) is 6.13. The summed E-state index contributed by atoms with van der Waals surface area (Å²) in [6.45, 7) is 0. The molecule has 5 heteroatoms. The van der Waals surface area contributed by atoms with Crippen molar-refractivity contribution in [1.29, 1.82) is 0 Å². The van der Waals surface area contributed by atoms with Crippen LogP contribution in [0.25, 0.3) is 0 Å². The van der Waals surface area contributed by atoms with Gasteiger partial charge in [0, 0.05) is 29.9 Å². The van der Waals surface area contributed by atoms with Crippen LogP contribution in [0.2, 0.25) is 0 Å². The summed E-state index contributed by atoms with van der Waals surface area (Å²) in [5, 5.41) is 0.160. The van der Waals surface area contributed by atoms with E-state index in [4.69, 9.17) is 5.73 Å². The van der Waals surface area contributed by atoms with Crippen LogP contribution < -0.4 is 5.73 Å². The summed E-state index contributed by atoms with van der Waals surface area (Å²) in [5.41, 5.74) is 6.55. The number of nitrogen functional groups attached to an aromatic ring is 1. The molecule has 2 N–H and O–H groups in total. The van der Waals surface area contributed by atoms with Crippen molar-refractivity contribution >= 4 is 35.1 Å². The molecule has 1 aromatic rings. The van der Waals surface area contributed by atoms with Crippen LogP contribution in [0.15, 0.2) is 18.3 Å². The average Bonchev–Trinajstić information content (AvgIpc) is 2.30. The van der Waals surface area contributed by atoms with Crippen LogP contribution >= 0.6 is 23.5 Å². The van der Waals surface area contributed by atoms with Gasteiger partial charge in [-0.3, -0.25) is 4.79 Å². The second-order valence-electron chi connectivity index (χ2n) is 3.67. The van der Waals surface area contributed by atoms with Gasteiger partial charge in [0.1, 0.15) is 5.82 Å². The fourth-order valence-corrected chi connectivity index (χ4v) is 4.24. The molecule has 0 saturated carbocycles. The number of rotatable bonds is 3. The molecule has 1 aliphatic heterocycles. The molecule has 86 valence electrons. The number of aromatic nitrogens is 1. The molecule has 0 aromatic carbocycles. The number of anilines is 1. The smallest absolute Gasteiger partial charge is 0.151 e. The third kappa shape index (κ3) is 3.15. The van der Waals surface area contributed by atoms with Gasteiger partial charge in [0.2, 0.25) is 0 Å². The highest BCUT2D eigenvalue weighted by Gasteiger charge is 2.21. The molecule has 2 rings (SSSR count). The maximum atomic E-state index is 12.0. The zero-order valence-corrected chi connectivity index (χ0v) is 10.5. The van der Waals surface area contributed by atoms with Crippen LogP contribution in [0.3, 0.4) is 0 Å². The Hall–Kier alpha value is -0.680. The van der Waals surface area contributed by atoms with E-state index in [0.717, 1.165) is 22.8 Å². The lowest BCUT2D eigenvalue weighted by atomic mass is 10.1. The van der Waals surface area contributed by atoms with E-state index in [-0.39, 0.29) is 5.25 Å². The van der Waals surface area contributed by atoms with Gasteiger partial charge in [0.05, 0.1) is 5.25 Å². The first-order valence-corrected chi connectivity index (χ1v) is 7.38. The Bertz CT molecular complexity index is 378. The number of pyridine rings is 1. The normalized spacial score (nSPS) is 20.6. The maximum absolute atomic E-state index is 12.0. The van der Waals surface area contributed by atoms with Crippen molar-refractivity contribution in [1.82, 2.24) is 4.98 Å². The van der Waals surface area contributed by atoms with Crippen molar-refractivity contribution in [3.05, 3.63) is 23.9 Å². The highest BCUT2D eigenvalue weighted by Crippen LogP contribution is 2.25. The van der Waals surface area contributed by atoms with Gasteiger partial charge in [-0.05, 0) is 17.7 Å². The molecule has 1 unspecified atom stereocenters. The maximum Gasteiger partial charge on any atom is 0.151 e. The number of hydrogen-bond acceptors (Lipinski definition) is 5. The SMILES string of the molecule is Nc1cc(CC(=O)C2CSCCS2)ccn1. The third-order valence-electron chi connectivity index (χ3n) is 2.40. The number of nitrogens with two attached hydrogens (primary N) is 1. The van der Waals surface area contributed by atoms with Crippen LogP contribution in [0.5, 0.6) is 0 Å². The van der Waals surface area contributed by atoms with E-state index in [1.807, 2.05) is 17.8 Å². The molecular weight excluding hydrogens is 240 g/mol. The molecule has 1 aliphatic rings. The lowest BCUT2D eigenvalue weighted by molar-refractivity contribution is -0.117. The summed E-state index contributed by atoms with van der Waals surface area (Å²) >= 11 is 3.64. The fourth-order valence-electron chi connectivity index (χ4n) is 1.59. The summed E-state index contributed by atoms with van der Waals surface area (Å²) in [5.74, 6) is 3.99. The molecule has 1 fully saturated rings. The van der Waals surface area contributed by atoms with Crippen LogP contribution in [0.4, 0.5) is 5.82 Å². The van der Waals surface area contributed by atoms with Gasteiger partial charge in [-0.25, -0.2) is 4.98 Å². The first kappa shape index (κ1) is 11.8. The zero-order chi connectivity index (χ0) is 11.4. The van der Waals surface area contributed by atoms with Crippen molar-refractivity contribution in [2.75, 3.05) is 23.0 Å². The van der Waals surface area contributed by atoms with Crippen LogP contribution in [0.1, 0.15) is 5.56 Å². The number of Topliss-reactive ketones (excluding diaryl/α,β-unsaturated/α-hetero) is 1. The van der Waals surface area contributed by atoms with Crippen molar-refractivity contribution in [2.24, 2.45) is 0 Å². The summed E-state index contributed by atoms with van der Waals surface area (Å²) in [7, 11) is 0. The Kier molecular flexibility index (Phi) is 4.12. The summed E-state index contributed by atoms with van der Waals surface area (Å²) in [6, 6.07) is 3.63. The van der Waals surface area contributed by atoms with E-state index in [1.165, 1.54) is 0 Å². The molecule has 0 radical (unpaired) electrons. The first-order valence-electron chi connectivity index (χ1n) is 5.18. The zero-order valence-electron chi connectivity index (χ0n) is 8.89. The Balaban J connectivity index is 1.96. The molecule has 2 heterocycles. The van der Waals surface area contributed by atoms with E-state index in [9.17, 15) is 4.79 Å². The van der Waals surface area contributed by atoms with E-state index in [0.29, 0.717) is 18.0 Å². The quantitative estimate of drug-likeness (QED) is 0.888. The second kappa shape index (κ2) is 5.59. The molecule has 0 amide bonds. The van der Waals surface area contributed by atoms with Gasteiger partial charge in [-0.15, -0.1) is 11.8 Å². The summed E-state index contributed by atoms with van der Waals surface area (Å²) in [4.78, 5) is 15.9. The van der Waals surface area contributed by atoms with Gasteiger partial charge in [-0.1, -0.05) is 0 Å². The van der Waals surface area contributed by atoms with Crippen LogP contribution in [-0.2, 0) is 11.2 Å². The Labute approximate surface area is 104 Å². The number of ketones is 1. The molecule has 1 saturated heterocycles. The van der Waals surface area contributed by atoms with Gasteiger partial charge in [0.15, 0.2) is 5.78 Å². The van der Waals surface area contributed by atoms with E-state index in [2.05, 4.69) is 4.98 Å². The number of nitrogens with zero attached hydrogens (tertiary/aromatic N) is 1. The number of thioether (sulfide) groups is 2. The number of carbonyl (C=O) groups is 1. The molecule has 0 spiro atoms. The molecular formula is C11H14N2OS2. The van der Waals surface area contributed by atoms with E-state index in [1.54, 1.807) is 24.0 Å². The predicted octanol–water partition coefficient (Wildman–Crippen LogP) is 1.62. The van der Waals surface area contributed by atoms with Gasteiger partial charge >= 0.3 is 0 Å². The van der Waals surface area contributed by atoms with Gasteiger partial charge in [0.25, 0.3) is 0 Å². The lowest BCUT2D eigenvalue weighted by Gasteiger charge is -2.19. The molecule has 1 aromatic heterocycles. The molecule has 0 bridgehead atoms. The number of hydrogen-bond donors (Lipinski definition) is 1. The van der Waals surface area contributed by atoms with E-state index < -0.39 is 0 Å². The Morgan fingerprint density at radius 1 is 1.56 bits per heavy atom. The topological polar surface area (TPSA) is 56.0 Å². The summed E-state index contributed by atoms with van der Waals surface area (Å²) in [6.07, 6.45) is 2.13. The number of carbonyl (C=O) groups excluding carboxylic acids is 1. The molecule has 3 nitrogen and oxygen atoms in total. The van der Waals surface area contributed by atoms with E-state index >= 15 is 0 Å². The average molecular weight is 254 g/mol. The van der Waals surface area contributed by atoms with Crippen molar-refractivity contribution < 1.29 is 4.79 Å². The predicted molar refractivity (Wildman–Crippen MR) is 70.9 cm³/mol. The largest absolute Gasteiger partial charge is 0.384 e. The minimum Gasteiger partial charge on any atom is -0.384 e. The Morgan fingerprint density at radius 2 is 2.44 bits per heavy atom. The van der Waals surface area contributed by atoms with Gasteiger partial charge in [-0.2, -0.15) is 11.8 Å². The van der Waals surface area contributed by atoms with Crippen LogP contribution in [-0.4, -0.2) is 33.3 Å². The fraction of sp³-hybridized carbons (Fsp3) is 0.455. The first-order chi connectivity index (χ1) is 7.75. The highest BCUT2D eigenvalue weighted by molar-refractivity contribution is 8.07. The molecule has 1 atom stereocenters. The minimum absolute atomic E-state index is 0.160. The Morgan fingerprint density at radius 3 is 3.12 bits per heavy atom. The molecule has 0 aliphatic carbocycles. The van der Waals surface area contributed by atoms with Crippen molar-refractivity contribution in [3.8, 4) is 0 Å². The standard InChI is InChI=1S/C11H14N2OS2/c12-11-6-8(1-2-13-11)5-9(14)10-7-15-3-4-16-10/h1-2,6,10H,3-5,7H2,(H2,12,13). The minimum atomic E-state index is 0.160. The molecule has 16 heavy (non-hydrogen) atoms. The third-order valence-corrected chi connectivity index (χ3v) is 5.20. The summed E-state index contributed by atoms with van der Waals surface area (Å²) < 4.78 is 0. The van der Waals surface area contributed by atoms with Crippen molar-refractivity contribution in [3.63, 3.8) is 0 Å². The van der Waals surface area contributed by atoms with Crippen molar-refractivity contribution in [2.45, 2.75) is 11.7 Å². The van der Waals surface area contributed by atoms with Crippen LogP contribution in [0, 0.1) is 0 Å². The monoisotopic (exact) mass is 254 g/mol. The lowest BCUT2D eigenvalue weighted by Crippen LogP contribution is -2.25. The van der Waals surface area contributed by atoms with Gasteiger partial charge < -0.3 is 5.73 Å².